The number of nitrogens with one attached hydrogen (secondary N) is 2. The van der Waals surface area contributed by atoms with E-state index >= 15 is 0 Å². The summed E-state index contributed by atoms with van der Waals surface area (Å²) < 4.78 is 40.3. The number of ketones is 2. The second-order valence-electron chi connectivity index (χ2n) is 18.8. The van der Waals surface area contributed by atoms with Crippen LogP contribution in [0.15, 0.2) is 59.5 Å². The zero-order valence-electron chi connectivity index (χ0n) is 36.9. The Balaban J connectivity index is 1.19. The van der Waals surface area contributed by atoms with Crippen LogP contribution in [0.5, 0.6) is 0 Å². The number of aliphatic hydroxyl groups excluding tert-OH is 1. The molecule has 61 heavy (non-hydrogen) atoms. The molecule has 1 heterocycles. The van der Waals surface area contributed by atoms with Gasteiger partial charge in [0.15, 0.2) is 21.4 Å². The number of carbonyl (C=O) groups excluding carboxylic acids is 4. The van der Waals surface area contributed by atoms with E-state index in [1.165, 1.54) is 19.1 Å². The number of unbranched alkanes of at least 4 members (excludes halogenated alkanes) is 2. The third-order valence-corrected chi connectivity index (χ3v) is 15.6. The molecule has 15 heteroatoms. The number of sulfone groups is 1. The quantitative estimate of drug-likeness (QED) is 0.0697. The van der Waals surface area contributed by atoms with Crippen LogP contribution in [0.25, 0.3) is 11.1 Å². The van der Waals surface area contributed by atoms with E-state index in [0.717, 1.165) is 24.0 Å². The highest BCUT2D eigenvalue weighted by molar-refractivity contribution is 7.91. The van der Waals surface area contributed by atoms with Gasteiger partial charge < -0.3 is 36.5 Å². The van der Waals surface area contributed by atoms with E-state index in [2.05, 4.69) is 31.4 Å². The molecule has 7 N–H and O–H groups in total. The van der Waals surface area contributed by atoms with Gasteiger partial charge in [0.25, 0.3) is 0 Å². The summed E-state index contributed by atoms with van der Waals surface area (Å²) in [5, 5.41) is 16.2. The number of nitrogens with two attached hydrogens (primary N) is 2. The van der Waals surface area contributed by atoms with Crippen molar-refractivity contribution in [1.29, 1.82) is 0 Å². The van der Waals surface area contributed by atoms with Crippen LogP contribution in [0.2, 0.25) is 5.82 Å². The zero-order valence-corrected chi connectivity index (χ0v) is 37.8. The maximum absolute atomic E-state index is 13.8. The van der Waals surface area contributed by atoms with Crippen LogP contribution in [0, 0.1) is 29.1 Å². The zero-order chi connectivity index (χ0) is 44.7. The van der Waals surface area contributed by atoms with Crippen LogP contribution >= 0.6 is 0 Å². The molecule has 4 aliphatic rings. The van der Waals surface area contributed by atoms with Gasteiger partial charge in [-0.15, -0.1) is 0 Å². The molecular formula is C46H69BN4O9S. The Hall–Kier alpha value is -3.47. The highest BCUT2D eigenvalue weighted by Gasteiger charge is 2.68. The summed E-state index contributed by atoms with van der Waals surface area (Å²) in [4.78, 5) is 55.0. The molecule has 0 spiro atoms. The monoisotopic (exact) mass is 864 g/mol. The minimum atomic E-state index is -3.94. The summed E-state index contributed by atoms with van der Waals surface area (Å²) in [6, 6.07) is 13.8. The van der Waals surface area contributed by atoms with Crippen LogP contribution in [-0.2, 0) is 38.3 Å². The highest BCUT2D eigenvalue weighted by Crippen LogP contribution is 2.66. The lowest BCUT2D eigenvalue weighted by molar-refractivity contribution is -0.199. The number of carbonyl (C=O) groups is 4. The SMILES string of the molecule is C[C@H](CC(=O)[C@H](CCCCN)NC(=O)[C@H](C)CC(=O)[C@@H](NC(=O)[C@H](CCCCN)CS(=O)(=O)c1ccc(-c2ccccc2)cc1)[C@@H](C)O)B1O[C@@H]2C[C@@H]3C[C@@H](C3(C)C)[C@]2(C)O1. The van der Waals surface area contributed by atoms with Crippen molar-refractivity contribution in [1.82, 2.24) is 10.6 Å². The molecule has 1 aliphatic heterocycles. The molecule has 0 aromatic heterocycles. The smallest absolute Gasteiger partial charge is 0.405 e. The fourth-order valence-electron chi connectivity index (χ4n) is 9.75. The van der Waals surface area contributed by atoms with Crippen LogP contribution in [0.1, 0.15) is 106 Å². The number of hydrogen-bond donors (Lipinski definition) is 5. The Morgan fingerprint density at radius 3 is 2.05 bits per heavy atom. The van der Waals surface area contributed by atoms with Gasteiger partial charge in [-0.05, 0) is 118 Å². The third kappa shape index (κ3) is 11.6. The molecule has 13 nitrogen and oxygen atoms in total. The molecule has 10 atom stereocenters. The van der Waals surface area contributed by atoms with Crippen molar-refractivity contribution in [3.63, 3.8) is 0 Å². The Kier molecular flexibility index (Phi) is 16.6. The van der Waals surface area contributed by atoms with Crippen molar-refractivity contribution in [3.05, 3.63) is 54.6 Å². The first-order chi connectivity index (χ1) is 28.8. The average molecular weight is 865 g/mol. The molecule has 3 aliphatic carbocycles. The van der Waals surface area contributed by atoms with E-state index in [1.54, 1.807) is 19.1 Å². The summed E-state index contributed by atoms with van der Waals surface area (Å²) in [6.45, 7) is 12.4. The van der Waals surface area contributed by atoms with Crippen LogP contribution in [-0.4, -0.2) is 92.8 Å². The van der Waals surface area contributed by atoms with E-state index in [9.17, 15) is 32.7 Å². The second kappa shape index (κ2) is 20.8. The lowest BCUT2D eigenvalue weighted by atomic mass is 9.43. The number of rotatable bonds is 24. The second-order valence-corrected chi connectivity index (χ2v) is 20.8. The Morgan fingerprint density at radius 2 is 1.44 bits per heavy atom. The molecule has 1 saturated heterocycles. The Bertz CT molecular complexity index is 1930. The topological polar surface area (TPSA) is 217 Å². The molecule has 0 radical (unpaired) electrons. The van der Waals surface area contributed by atoms with Gasteiger partial charge in [-0.1, -0.05) is 76.6 Å². The van der Waals surface area contributed by atoms with Crippen molar-refractivity contribution in [2.24, 2.45) is 40.6 Å². The first-order valence-electron chi connectivity index (χ1n) is 22.3. The minimum Gasteiger partial charge on any atom is -0.405 e. The molecular weight excluding hydrogens is 795 g/mol. The number of amides is 2. The molecule has 6 rings (SSSR count). The third-order valence-electron chi connectivity index (χ3n) is 13.8. The van der Waals surface area contributed by atoms with Gasteiger partial charge in [-0.25, -0.2) is 8.42 Å². The summed E-state index contributed by atoms with van der Waals surface area (Å²) in [5.74, 6) is -3.69. The van der Waals surface area contributed by atoms with E-state index in [0.29, 0.717) is 57.0 Å². The lowest BCUT2D eigenvalue weighted by Gasteiger charge is -2.64. The van der Waals surface area contributed by atoms with E-state index in [1.807, 2.05) is 37.3 Å². The van der Waals surface area contributed by atoms with Crippen molar-refractivity contribution in [2.75, 3.05) is 18.8 Å². The van der Waals surface area contributed by atoms with Crippen molar-refractivity contribution < 1.29 is 42.0 Å². The molecule has 336 valence electrons. The summed E-state index contributed by atoms with van der Waals surface area (Å²) in [6.07, 6.45) is 3.38. The highest BCUT2D eigenvalue weighted by atomic mass is 32.2. The molecule has 2 bridgehead atoms. The molecule has 4 fully saturated rings. The average Bonchev–Trinajstić information content (AvgIpc) is 3.59. The first-order valence-corrected chi connectivity index (χ1v) is 23.9. The molecule has 2 aromatic carbocycles. The molecule has 3 saturated carbocycles. The first kappa shape index (κ1) is 48.6. The van der Waals surface area contributed by atoms with Crippen LogP contribution in [0.3, 0.4) is 0 Å². The van der Waals surface area contributed by atoms with Crippen molar-refractivity contribution >= 4 is 40.3 Å². The van der Waals surface area contributed by atoms with Crippen LogP contribution in [0.4, 0.5) is 0 Å². The molecule has 0 unspecified atom stereocenters. The van der Waals surface area contributed by atoms with Crippen LogP contribution < -0.4 is 22.1 Å². The van der Waals surface area contributed by atoms with Gasteiger partial charge in [-0.2, -0.15) is 0 Å². The normalized spacial score (nSPS) is 24.6. The van der Waals surface area contributed by atoms with E-state index in [-0.39, 0.29) is 47.3 Å². The molecule has 2 aromatic rings. The maximum atomic E-state index is 13.8. The lowest BCUT2D eigenvalue weighted by Crippen LogP contribution is -2.65. The predicted octanol–water partition coefficient (Wildman–Crippen LogP) is 5.02. The fourth-order valence-corrected chi connectivity index (χ4v) is 11.3. The maximum Gasteiger partial charge on any atom is 0.461 e. The van der Waals surface area contributed by atoms with Gasteiger partial charge in [0.05, 0.1) is 40.4 Å². The minimum absolute atomic E-state index is 0.0147. The van der Waals surface area contributed by atoms with Crippen molar-refractivity contribution in [3.8, 4) is 11.1 Å². The summed E-state index contributed by atoms with van der Waals surface area (Å²) >= 11 is 0. The van der Waals surface area contributed by atoms with Gasteiger partial charge >= 0.3 is 7.12 Å². The van der Waals surface area contributed by atoms with E-state index < -0.39 is 75.9 Å². The molecule has 2 amide bonds. The summed E-state index contributed by atoms with van der Waals surface area (Å²) in [7, 11) is -4.48. The van der Waals surface area contributed by atoms with Gasteiger partial charge in [0.2, 0.25) is 11.8 Å². The standard InChI is InChI=1S/C46H69BN4O9S/c1-29(43(55)50-37(17-11-13-23-49)38(53)25-30(2)47-59-41-27-35-26-40(45(35,4)5)46(41,6)60-47)24-39(54)42(31(3)52)51-44(56)34(16-10-12-22-48)28-61(57,58)36-20-18-33(19-21-36)32-14-8-7-9-15-32/h7-9,14-15,18-21,29-31,34-35,37,40-42,52H,10-13,16-17,22-28,48-49H2,1-6H3,(H,50,55)(H,51,56)/t29-,30-,31-,34-,35+,37+,40+,41-,42+,46+/m1/s1. The summed E-state index contributed by atoms with van der Waals surface area (Å²) in [5.41, 5.74) is 13.0. The Labute approximate surface area is 363 Å². The number of benzene rings is 2. The number of hydrogen-bond acceptors (Lipinski definition) is 11. The van der Waals surface area contributed by atoms with E-state index in [4.69, 9.17) is 20.8 Å². The largest absolute Gasteiger partial charge is 0.461 e. The van der Waals surface area contributed by atoms with Gasteiger partial charge in [-0.3, -0.25) is 19.2 Å². The number of Topliss-reactive ketones (excluding diaryl/α,β-unsaturated/α-hetero) is 2. The van der Waals surface area contributed by atoms with Gasteiger partial charge in [0.1, 0.15) is 6.04 Å². The Morgan fingerprint density at radius 1 is 0.820 bits per heavy atom. The fraction of sp³-hybridized carbons (Fsp3) is 0.652. The van der Waals surface area contributed by atoms with Crippen molar-refractivity contribution in [2.45, 2.75) is 146 Å². The predicted molar refractivity (Wildman–Crippen MR) is 237 cm³/mol. The number of aliphatic hydroxyl groups is 1. The van der Waals surface area contributed by atoms with Gasteiger partial charge in [0, 0.05) is 18.8 Å².